The molecule has 0 fully saturated rings. The van der Waals surface area contributed by atoms with E-state index in [1.54, 1.807) is 36.4 Å². The Hall–Kier alpha value is -3.00. The van der Waals surface area contributed by atoms with Gasteiger partial charge in [-0.15, -0.1) is 0 Å². The molecule has 1 heterocycles. The number of hydrogen-bond acceptors (Lipinski definition) is 4. The molecule has 2 aromatic rings. The number of ether oxygens (including phenoxy) is 1. The van der Waals surface area contributed by atoms with E-state index >= 15 is 0 Å². The van der Waals surface area contributed by atoms with E-state index in [2.05, 4.69) is 0 Å². The van der Waals surface area contributed by atoms with Crippen LogP contribution in [-0.4, -0.2) is 0 Å². The number of halogens is 1. The first-order chi connectivity index (χ1) is 10.1. The molecule has 4 N–H and O–H groups in total. The molecule has 0 spiro atoms. The van der Waals surface area contributed by atoms with Crippen molar-refractivity contribution in [1.82, 2.24) is 0 Å². The molecule has 1 unspecified atom stereocenters. The van der Waals surface area contributed by atoms with E-state index < -0.39 is 11.7 Å². The van der Waals surface area contributed by atoms with Crippen LogP contribution in [0.15, 0.2) is 53.9 Å². The summed E-state index contributed by atoms with van der Waals surface area (Å²) >= 11 is 0. The zero-order valence-corrected chi connectivity index (χ0v) is 11.0. The Morgan fingerprint density at radius 2 is 1.86 bits per heavy atom. The minimum Gasteiger partial charge on any atom is -0.440 e. The Kier molecular flexibility index (Phi) is 2.99. The maximum Gasteiger partial charge on any atom is 0.205 e. The van der Waals surface area contributed by atoms with Crippen molar-refractivity contribution in [3.63, 3.8) is 0 Å². The standard InChI is InChI=1S/C16H12FN3O/c17-13-4-2-1-3-10(13)15-11-7-9(19)5-6-14(11)21-16(20)12(15)8-18/h1-7,15H,19-20H2. The van der Waals surface area contributed by atoms with Crippen LogP contribution in [0.4, 0.5) is 10.1 Å². The first kappa shape index (κ1) is 13.0. The third kappa shape index (κ3) is 2.07. The topological polar surface area (TPSA) is 85.1 Å². The first-order valence-electron chi connectivity index (χ1n) is 6.33. The zero-order chi connectivity index (χ0) is 15.0. The molecule has 0 aromatic heterocycles. The lowest BCUT2D eigenvalue weighted by Crippen LogP contribution is -2.21. The van der Waals surface area contributed by atoms with Gasteiger partial charge in [-0.1, -0.05) is 18.2 Å². The van der Waals surface area contributed by atoms with Crippen LogP contribution in [0, 0.1) is 17.1 Å². The lowest BCUT2D eigenvalue weighted by molar-refractivity contribution is 0.392. The summed E-state index contributed by atoms with van der Waals surface area (Å²) in [6.45, 7) is 0. The number of nitrogens with two attached hydrogens (primary N) is 2. The predicted octanol–water partition coefficient (Wildman–Crippen LogP) is 2.63. The molecule has 0 radical (unpaired) electrons. The Morgan fingerprint density at radius 3 is 2.57 bits per heavy atom. The van der Waals surface area contributed by atoms with E-state index in [0.29, 0.717) is 22.6 Å². The Labute approximate surface area is 121 Å². The number of anilines is 1. The van der Waals surface area contributed by atoms with E-state index in [4.69, 9.17) is 16.2 Å². The second-order valence-electron chi connectivity index (χ2n) is 4.74. The Bertz CT molecular complexity index is 792. The van der Waals surface area contributed by atoms with Crippen LogP contribution in [-0.2, 0) is 0 Å². The maximum absolute atomic E-state index is 14.2. The van der Waals surface area contributed by atoms with Crippen molar-refractivity contribution in [2.24, 2.45) is 5.73 Å². The number of nitriles is 1. The molecule has 0 aliphatic carbocycles. The fourth-order valence-electron chi connectivity index (χ4n) is 2.51. The number of nitrogen functional groups attached to an aromatic ring is 1. The second-order valence-corrected chi connectivity index (χ2v) is 4.74. The summed E-state index contributed by atoms with van der Waals surface area (Å²) in [6.07, 6.45) is 0. The van der Waals surface area contributed by atoms with E-state index in [1.165, 1.54) is 6.07 Å². The summed E-state index contributed by atoms with van der Waals surface area (Å²) in [4.78, 5) is 0. The lowest BCUT2D eigenvalue weighted by atomic mass is 9.83. The van der Waals surface area contributed by atoms with Gasteiger partial charge in [-0.25, -0.2) is 4.39 Å². The van der Waals surface area contributed by atoms with Crippen molar-refractivity contribution >= 4 is 5.69 Å². The summed E-state index contributed by atoms with van der Waals surface area (Å²) in [7, 11) is 0. The summed E-state index contributed by atoms with van der Waals surface area (Å²) in [6, 6.07) is 13.3. The van der Waals surface area contributed by atoms with Crippen LogP contribution in [0.25, 0.3) is 0 Å². The number of rotatable bonds is 1. The smallest absolute Gasteiger partial charge is 0.205 e. The molecule has 5 heteroatoms. The molecule has 1 aliphatic heterocycles. The van der Waals surface area contributed by atoms with Crippen LogP contribution in [0.2, 0.25) is 0 Å². The van der Waals surface area contributed by atoms with Gasteiger partial charge in [0.15, 0.2) is 0 Å². The summed E-state index contributed by atoms with van der Waals surface area (Å²) in [5, 5.41) is 9.36. The Balaban J connectivity index is 2.28. The fraction of sp³-hybridized carbons (Fsp3) is 0.0625. The molecule has 2 aromatic carbocycles. The predicted molar refractivity (Wildman–Crippen MR) is 76.6 cm³/mol. The van der Waals surface area contributed by atoms with Crippen molar-refractivity contribution < 1.29 is 9.13 Å². The number of hydrogen-bond donors (Lipinski definition) is 2. The molecular formula is C16H12FN3O. The highest BCUT2D eigenvalue weighted by Crippen LogP contribution is 2.43. The molecule has 0 saturated carbocycles. The summed E-state index contributed by atoms with van der Waals surface area (Å²) in [5.74, 6) is -0.557. The highest BCUT2D eigenvalue weighted by atomic mass is 19.1. The van der Waals surface area contributed by atoms with Crippen molar-refractivity contribution in [3.8, 4) is 11.8 Å². The van der Waals surface area contributed by atoms with Gasteiger partial charge in [0.1, 0.15) is 23.2 Å². The second kappa shape index (κ2) is 4.84. The minimum absolute atomic E-state index is 0.0111. The van der Waals surface area contributed by atoms with E-state index in [-0.39, 0.29) is 11.5 Å². The van der Waals surface area contributed by atoms with E-state index in [9.17, 15) is 9.65 Å². The van der Waals surface area contributed by atoms with E-state index in [1.807, 2.05) is 6.07 Å². The van der Waals surface area contributed by atoms with Gasteiger partial charge in [0.05, 0.1) is 5.92 Å². The van der Waals surface area contributed by atoms with Gasteiger partial charge >= 0.3 is 0 Å². The average Bonchev–Trinajstić information content (AvgIpc) is 2.47. The highest BCUT2D eigenvalue weighted by Gasteiger charge is 2.32. The number of benzene rings is 2. The van der Waals surface area contributed by atoms with Gasteiger partial charge in [0.2, 0.25) is 5.88 Å². The van der Waals surface area contributed by atoms with Crippen molar-refractivity contribution in [3.05, 3.63) is 70.9 Å². The molecule has 0 amide bonds. The molecule has 4 nitrogen and oxygen atoms in total. The normalized spacial score (nSPS) is 16.9. The van der Waals surface area contributed by atoms with Gasteiger partial charge in [-0.2, -0.15) is 5.26 Å². The molecule has 21 heavy (non-hydrogen) atoms. The molecule has 3 rings (SSSR count). The third-order valence-electron chi connectivity index (χ3n) is 3.46. The van der Waals surface area contributed by atoms with Gasteiger partial charge < -0.3 is 16.2 Å². The van der Waals surface area contributed by atoms with Gasteiger partial charge in [0, 0.05) is 16.8 Å². The summed E-state index contributed by atoms with van der Waals surface area (Å²) < 4.78 is 19.6. The fourth-order valence-corrected chi connectivity index (χ4v) is 2.51. The van der Waals surface area contributed by atoms with Crippen LogP contribution in [0.5, 0.6) is 5.75 Å². The summed E-state index contributed by atoms with van der Waals surface area (Å²) in [5.41, 5.74) is 13.3. The maximum atomic E-state index is 14.2. The molecule has 0 bridgehead atoms. The van der Waals surface area contributed by atoms with Crippen molar-refractivity contribution in [2.45, 2.75) is 5.92 Å². The lowest BCUT2D eigenvalue weighted by Gasteiger charge is -2.26. The van der Waals surface area contributed by atoms with Crippen LogP contribution in [0.3, 0.4) is 0 Å². The van der Waals surface area contributed by atoms with E-state index in [0.717, 1.165) is 0 Å². The van der Waals surface area contributed by atoms with Gasteiger partial charge in [-0.05, 0) is 24.3 Å². The number of nitrogens with zero attached hydrogens (tertiary/aromatic N) is 1. The number of fused-ring (bicyclic) bond motifs is 1. The first-order valence-corrected chi connectivity index (χ1v) is 6.33. The zero-order valence-electron chi connectivity index (χ0n) is 11.0. The minimum atomic E-state index is -0.622. The monoisotopic (exact) mass is 281 g/mol. The van der Waals surface area contributed by atoms with Crippen molar-refractivity contribution in [1.29, 1.82) is 5.26 Å². The van der Waals surface area contributed by atoms with Crippen molar-refractivity contribution in [2.75, 3.05) is 5.73 Å². The van der Waals surface area contributed by atoms with Crippen LogP contribution >= 0.6 is 0 Å². The molecule has 104 valence electrons. The van der Waals surface area contributed by atoms with Crippen LogP contribution in [0.1, 0.15) is 17.0 Å². The average molecular weight is 281 g/mol. The quantitative estimate of drug-likeness (QED) is 0.787. The molecule has 1 atom stereocenters. The van der Waals surface area contributed by atoms with Gasteiger partial charge in [0.25, 0.3) is 0 Å². The van der Waals surface area contributed by atoms with Crippen LogP contribution < -0.4 is 16.2 Å². The SMILES string of the molecule is N#CC1=C(N)Oc2ccc(N)cc2C1c1ccccc1F. The molecule has 0 saturated heterocycles. The molecular weight excluding hydrogens is 269 g/mol. The molecule has 1 aliphatic rings. The largest absolute Gasteiger partial charge is 0.440 e. The van der Waals surface area contributed by atoms with Gasteiger partial charge in [-0.3, -0.25) is 0 Å². The highest BCUT2D eigenvalue weighted by molar-refractivity contribution is 5.59. The number of allylic oxidation sites excluding steroid dienone is 1. The third-order valence-corrected chi connectivity index (χ3v) is 3.46. The Morgan fingerprint density at radius 1 is 1.10 bits per heavy atom.